The Hall–Kier alpha value is -2.83. The van der Waals surface area contributed by atoms with Crippen molar-refractivity contribution in [2.45, 2.75) is 37.8 Å². The summed E-state index contributed by atoms with van der Waals surface area (Å²) in [4.78, 5) is 33.0. The fraction of sp³-hybridized carbons (Fsp3) is 0.421. The molecule has 0 N–H and O–H groups in total. The third-order valence-electron chi connectivity index (χ3n) is 5.58. The molecular formula is C19H21N5O2. The van der Waals surface area contributed by atoms with E-state index in [4.69, 9.17) is 0 Å². The summed E-state index contributed by atoms with van der Waals surface area (Å²) in [6.45, 7) is 1.92. The molecule has 7 heteroatoms. The van der Waals surface area contributed by atoms with Gasteiger partial charge in [-0.15, -0.1) is 0 Å². The van der Waals surface area contributed by atoms with Gasteiger partial charge in [-0.25, -0.2) is 0 Å². The maximum Gasteiger partial charge on any atom is 0.255 e. The van der Waals surface area contributed by atoms with Gasteiger partial charge in [0, 0.05) is 44.0 Å². The molecule has 0 atom stereocenters. The Labute approximate surface area is 152 Å². The van der Waals surface area contributed by atoms with Crippen LogP contribution < -0.4 is 0 Å². The van der Waals surface area contributed by atoms with Crippen LogP contribution in [0.2, 0.25) is 0 Å². The third kappa shape index (κ3) is 3.05. The molecule has 7 nitrogen and oxygen atoms in total. The van der Waals surface area contributed by atoms with Gasteiger partial charge < -0.3 is 9.80 Å². The number of amides is 2. The molecule has 2 aliphatic rings. The number of hydrogen-bond donors (Lipinski definition) is 0. The van der Waals surface area contributed by atoms with Crippen LogP contribution in [0.5, 0.6) is 0 Å². The van der Waals surface area contributed by atoms with Gasteiger partial charge >= 0.3 is 0 Å². The second-order valence-corrected chi connectivity index (χ2v) is 6.98. The van der Waals surface area contributed by atoms with Crippen LogP contribution in [0.1, 0.15) is 41.6 Å². The summed E-state index contributed by atoms with van der Waals surface area (Å²) in [6, 6.07) is 5.59. The van der Waals surface area contributed by atoms with Gasteiger partial charge in [0.25, 0.3) is 5.91 Å². The van der Waals surface area contributed by atoms with E-state index in [1.165, 1.54) is 12.4 Å². The molecule has 1 spiro atoms. The summed E-state index contributed by atoms with van der Waals surface area (Å²) in [7, 11) is 0. The minimum atomic E-state index is -0.131. The van der Waals surface area contributed by atoms with Gasteiger partial charge in [-0.2, -0.15) is 10.2 Å². The molecule has 4 rings (SSSR count). The number of hydrogen-bond acceptors (Lipinski definition) is 5. The van der Waals surface area contributed by atoms with Crippen LogP contribution in [0.3, 0.4) is 0 Å². The van der Waals surface area contributed by atoms with Crippen molar-refractivity contribution in [3.63, 3.8) is 0 Å². The zero-order valence-electron chi connectivity index (χ0n) is 14.5. The van der Waals surface area contributed by atoms with Gasteiger partial charge in [0.1, 0.15) is 0 Å². The average molecular weight is 351 g/mol. The minimum absolute atomic E-state index is 0.0141. The normalized spacial score (nSPS) is 19.2. The molecule has 26 heavy (non-hydrogen) atoms. The highest BCUT2D eigenvalue weighted by molar-refractivity contribution is 5.93. The molecule has 0 unspecified atom stereocenters. The first-order chi connectivity index (χ1) is 12.7. The van der Waals surface area contributed by atoms with Gasteiger partial charge in [0.2, 0.25) is 5.91 Å². The quantitative estimate of drug-likeness (QED) is 0.840. The molecule has 0 aliphatic carbocycles. The lowest BCUT2D eigenvalue weighted by molar-refractivity contribution is -0.133. The first-order valence-electron chi connectivity index (χ1n) is 8.93. The van der Waals surface area contributed by atoms with Crippen LogP contribution in [0.4, 0.5) is 0 Å². The van der Waals surface area contributed by atoms with Gasteiger partial charge in [-0.05, 0) is 43.0 Å². The minimum Gasteiger partial charge on any atom is -0.338 e. The molecular weight excluding hydrogens is 330 g/mol. The second kappa shape index (κ2) is 6.82. The molecule has 134 valence electrons. The van der Waals surface area contributed by atoms with Crippen molar-refractivity contribution in [3.05, 3.63) is 54.1 Å². The summed E-state index contributed by atoms with van der Waals surface area (Å²) in [6.07, 6.45) is 9.64. The predicted molar refractivity (Wildman–Crippen MR) is 93.9 cm³/mol. The smallest absolute Gasteiger partial charge is 0.255 e. The van der Waals surface area contributed by atoms with Crippen LogP contribution in [0.15, 0.2) is 43.0 Å². The van der Waals surface area contributed by atoms with E-state index in [2.05, 4.69) is 15.2 Å². The number of rotatable bonds is 3. The summed E-state index contributed by atoms with van der Waals surface area (Å²) < 4.78 is 0. The highest BCUT2D eigenvalue weighted by Crippen LogP contribution is 2.40. The molecule has 2 fully saturated rings. The van der Waals surface area contributed by atoms with E-state index in [0.717, 1.165) is 24.8 Å². The second-order valence-electron chi connectivity index (χ2n) is 6.98. The molecule has 0 aromatic carbocycles. The zero-order valence-corrected chi connectivity index (χ0v) is 14.5. The first-order valence-corrected chi connectivity index (χ1v) is 8.93. The SMILES string of the molecule is O=C(c1ccnnc1)N1CCC2(CCC(=O)N2Cc2ccncc2)CC1. The topological polar surface area (TPSA) is 79.3 Å². The molecule has 0 radical (unpaired) electrons. The highest BCUT2D eigenvalue weighted by Gasteiger charge is 2.47. The summed E-state index contributed by atoms with van der Waals surface area (Å²) in [5.74, 6) is 0.194. The fourth-order valence-electron chi connectivity index (χ4n) is 4.05. The van der Waals surface area contributed by atoms with E-state index in [0.29, 0.717) is 31.6 Å². The Morgan fingerprint density at radius 3 is 2.50 bits per heavy atom. The summed E-state index contributed by atoms with van der Waals surface area (Å²) >= 11 is 0. The standard InChI is InChI=1S/C19H21N5O2/c25-17-1-5-19(24(17)14-15-2-8-20-9-3-15)6-11-23(12-7-19)18(26)16-4-10-21-22-13-16/h2-4,8-10,13H,1,5-7,11-12,14H2. The molecule has 0 saturated carbocycles. The van der Waals surface area contributed by atoms with Gasteiger partial charge in [-0.3, -0.25) is 14.6 Å². The van der Waals surface area contributed by atoms with Gasteiger partial charge in [0.15, 0.2) is 0 Å². The highest BCUT2D eigenvalue weighted by atomic mass is 16.2. The Kier molecular flexibility index (Phi) is 4.36. The van der Waals surface area contributed by atoms with E-state index in [1.807, 2.05) is 21.9 Å². The van der Waals surface area contributed by atoms with Crippen LogP contribution in [-0.4, -0.2) is 55.4 Å². The number of carbonyl (C=O) groups excluding carboxylic acids is 2. The number of pyridine rings is 1. The molecule has 4 heterocycles. The molecule has 0 bridgehead atoms. The van der Waals surface area contributed by atoms with Gasteiger partial charge in [-0.1, -0.05) is 0 Å². The summed E-state index contributed by atoms with van der Waals surface area (Å²) in [5, 5.41) is 7.50. The molecule has 2 aliphatic heterocycles. The number of likely N-dealkylation sites (tertiary alicyclic amines) is 2. The predicted octanol–water partition coefficient (Wildman–Crippen LogP) is 1.67. The van der Waals surface area contributed by atoms with Crippen LogP contribution >= 0.6 is 0 Å². The van der Waals surface area contributed by atoms with E-state index in [9.17, 15) is 9.59 Å². The Bertz CT molecular complexity index is 788. The number of carbonyl (C=O) groups is 2. The van der Waals surface area contributed by atoms with Crippen LogP contribution in [0, 0.1) is 0 Å². The monoisotopic (exact) mass is 351 g/mol. The summed E-state index contributed by atoms with van der Waals surface area (Å²) in [5.41, 5.74) is 1.52. The van der Waals surface area contributed by atoms with Crippen molar-refractivity contribution in [2.75, 3.05) is 13.1 Å². The number of aromatic nitrogens is 3. The molecule has 2 amide bonds. The van der Waals surface area contributed by atoms with E-state index in [-0.39, 0.29) is 17.4 Å². The largest absolute Gasteiger partial charge is 0.338 e. The van der Waals surface area contributed by atoms with Crippen LogP contribution in [-0.2, 0) is 11.3 Å². The van der Waals surface area contributed by atoms with Gasteiger partial charge in [0.05, 0.1) is 18.0 Å². The number of piperidine rings is 1. The van der Waals surface area contributed by atoms with Crippen molar-refractivity contribution < 1.29 is 9.59 Å². The molecule has 2 saturated heterocycles. The van der Waals surface area contributed by atoms with E-state index < -0.39 is 0 Å². The maximum absolute atomic E-state index is 12.6. The van der Waals surface area contributed by atoms with Crippen LogP contribution in [0.25, 0.3) is 0 Å². The zero-order chi connectivity index (χ0) is 18.0. The van der Waals surface area contributed by atoms with Crippen molar-refractivity contribution in [2.24, 2.45) is 0 Å². The van der Waals surface area contributed by atoms with Crippen molar-refractivity contribution in [1.82, 2.24) is 25.0 Å². The Balaban J connectivity index is 1.46. The van der Waals surface area contributed by atoms with Crippen molar-refractivity contribution in [3.8, 4) is 0 Å². The van der Waals surface area contributed by atoms with Crippen molar-refractivity contribution in [1.29, 1.82) is 0 Å². The van der Waals surface area contributed by atoms with E-state index in [1.54, 1.807) is 18.5 Å². The fourth-order valence-corrected chi connectivity index (χ4v) is 4.05. The Morgan fingerprint density at radius 1 is 1.04 bits per heavy atom. The molecule has 2 aromatic heterocycles. The lowest BCUT2D eigenvalue weighted by Crippen LogP contribution is -2.53. The Morgan fingerprint density at radius 2 is 1.81 bits per heavy atom. The van der Waals surface area contributed by atoms with E-state index >= 15 is 0 Å². The maximum atomic E-state index is 12.6. The van der Waals surface area contributed by atoms with Crippen molar-refractivity contribution >= 4 is 11.8 Å². The molecule has 2 aromatic rings. The average Bonchev–Trinajstić information content (AvgIpc) is 2.99. The first kappa shape index (κ1) is 16.6. The third-order valence-corrected chi connectivity index (χ3v) is 5.58. The lowest BCUT2D eigenvalue weighted by Gasteiger charge is -2.45. The number of nitrogens with zero attached hydrogens (tertiary/aromatic N) is 5. The lowest BCUT2D eigenvalue weighted by atomic mass is 9.84.